The number of benzene rings is 1. The molecule has 0 aliphatic heterocycles. The molecule has 1 aromatic heterocycles. The number of nitrogens with one attached hydrogen (secondary N) is 1. The maximum Gasteiger partial charge on any atom is 0.335 e. The maximum absolute atomic E-state index is 12.1. The molecule has 0 aliphatic carbocycles. The van der Waals surface area contributed by atoms with Crippen molar-refractivity contribution in [2.75, 3.05) is 0 Å². The third-order valence-corrected chi connectivity index (χ3v) is 4.20. The summed E-state index contributed by atoms with van der Waals surface area (Å²) in [5.41, 5.74) is 1.15. The van der Waals surface area contributed by atoms with Crippen LogP contribution in [-0.4, -0.2) is 19.5 Å². The van der Waals surface area contributed by atoms with Crippen molar-refractivity contribution in [3.63, 3.8) is 0 Å². The molecule has 0 radical (unpaired) electrons. The molecule has 0 aliphatic rings. The number of aryl methyl sites for hydroxylation is 1. The molecular weight excluding hydrogens is 282 g/mol. The van der Waals surface area contributed by atoms with Gasteiger partial charge >= 0.3 is 5.97 Å². The Morgan fingerprint density at radius 1 is 1.35 bits per heavy atom. The van der Waals surface area contributed by atoms with E-state index in [1.807, 2.05) is 0 Å². The van der Waals surface area contributed by atoms with Gasteiger partial charge in [-0.3, -0.25) is 0 Å². The van der Waals surface area contributed by atoms with E-state index in [9.17, 15) is 13.2 Å². The van der Waals surface area contributed by atoms with Crippen molar-refractivity contribution in [2.45, 2.75) is 18.4 Å². The molecule has 2 rings (SSSR count). The number of carbonyl (C=O) groups is 1. The molecule has 0 amide bonds. The fourth-order valence-corrected chi connectivity index (χ4v) is 2.70. The van der Waals surface area contributed by atoms with Gasteiger partial charge in [-0.1, -0.05) is 6.07 Å². The fraction of sp³-hybridized carbons (Fsp3) is 0.154. The lowest BCUT2D eigenvalue weighted by atomic mass is 10.1. The Morgan fingerprint density at radius 3 is 2.70 bits per heavy atom. The minimum Gasteiger partial charge on any atom is -0.478 e. The molecule has 0 unspecified atom stereocenters. The molecule has 1 aromatic carbocycles. The second-order valence-corrected chi connectivity index (χ2v) is 6.00. The van der Waals surface area contributed by atoms with Crippen molar-refractivity contribution in [2.24, 2.45) is 0 Å². The Hall–Kier alpha value is -2.12. The lowest BCUT2D eigenvalue weighted by Gasteiger charge is -2.08. The first-order chi connectivity index (χ1) is 9.40. The summed E-state index contributed by atoms with van der Waals surface area (Å²) >= 11 is 0. The van der Waals surface area contributed by atoms with E-state index in [4.69, 9.17) is 9.52 Å². The number of sulfonamides is 1. The van der Waals surface area contributed by atoms with Gasteiger partial charge in [0.1, 0.15) is 0 Å². The summed E-state index contributed by atoms with van der Waals surface area (Å²) in [7, 11) is -3.76. The zero-order chi connectivity index (χ0) is 14.8. The standard InChI is InChI=1S/C13H13NO5S/c1-9-2-3-11(6-12(9)13(15)16)20(17,18)14-7-10-4-5-19-8-10/h2-6,8,14H,7H2,1H3,(H,15,16). The molecule has 0 fully saturated rings. The van der Waals surface area contributed by atoms with Crippen molar-refractivity contribution in [3.05, 3.63) is 53.5 Å². The number of carboxylic acids is 1. The summed E-state index contributed by atoms with van der Waals surface area (Å²) in [6.07, 6.45) is 2.87. The molecule has 1 heterocycles. The minimum atomic E-state index is -3.76. The van der Waals surface area contributed by atoms with Crippen LogP contribution in [0.3, 0.4) is 0 Å². The molecule has 0 atom stereocenters. The minimum absolute atomic E-state index is 0.0313. The molecular formula is C13H13NO5S. The Bertz CT molecular complexity index is 719. The molecule has 106 valence electrons. The summed E-state index contributed by atoms with van der Waals surface area (Å²) in [6.45, 7) is 1.69. The zero-order valence-electron chi connectivity index (χ0n) is 10.7. The van der Waals surface area contributed by atoms with Crippen LogP contribution >= 0.6 is 0 Å². The molecule has 6 nitrogen and oxygen atoms in total. The number of hydrogen-bond donors (Lipinski definition) is 2. The highest BCUT2D eigenvalue weighted by molar-refractivity contribution is 7.89. The first-order valence-electron chi connectivity index (χ1n) is 5.75. The molecule has 0 bridgehead atoms. The number of aromatic carboxylic acids is 1. The van der Waals surface area contributed by atoms with Gasteiger partial charge in [0, 0.05) is 12.1 Å². The van der Waals surface area contributed by atoms with Crippen LogP contribution in [0.2, 0.25) is 0 Å². The second kappa shape index (κ2) is 5.48. The van der Waals surface area contributed by atoms with E-state index in [1.165, 1.54) is 24.7 Å². The van der Waals surface area contributed by atoms with E-state index in [0.29, 0.717) is 11.1 Å². The SMILES string of the molecule is Cc1ccc(S(=O)(=O)NCc2ccoc2)cc1C(=O)O. The second-order valence-electron chi connectivity index (χ2n) is 4.24. The van der Waals surface area contributed by atoms with Crippen LogP contribution in [0.15, 0.2) is 46.1 Å². The van der Waals surface area contributed by atoms with Crippen molar-refractivity contribution in [3.8, 4) is 0 Å². The summed E-state index contributed by atoms with van der Waals surface area (Å²) in [5.74, 6) is -1.16. The highest BCUT2D eigenvalue weighted by atomic mass is 32.2. The van der Waals surface area contributed by atoms with E-state index in [-0.39, 0.29) is 17.0 Å². The monoisotopic (exact) mass is 295 g/mol. The lowest BCUT2D eigenvalue weighted by Crippen LogP contribution is -2.23. The summed E-state index contributed by atoms with van der Waals surface area (Å²) in [6, 6.07) is 5.63. The average molecular weight is 295 g/mol. The lowest BCUT2D eigenvalue weighted by molar-refractivity contribution is 0.0696. The summed E-state index contributed by atoms with van der Waals surface area (Å²) < 4.78 is 31.4. The number of carboxylic acid groups (broad SMARTS) is 1. The zero-order valence-corrected chi connectivity index (χ0v) is 11.5. The van der Waals surface area contributed by atoms with Crippen LogP contribution in [-0.2, 0) is 16.6 Å². The number of rotatable bonds is 5. The molecule has 0 spiro atoms. The van der Waals surface area contributed by atoms with Crippen molar-refractivity contribution in [1.29, 1.82) is 0 Å². The van der Waals surface area contributed by atoms with Crippen LogP contribution in [0.4, 0.5) is 0 Å². The normalized spacial score (nSPS) is 11.4. The first-order valence-corrected chi connectivity index (χ1v) is 7.23. The Labute approximate surface area is 116 Å². The fourth-order valence-electron chi connectivity index (χ4n) is 1.65. The first kappa shape index (κ1) is 14.3. The molecule has 20 heavy (non-hydrogen) atoms. The molecule has 7 heteroatoms. The van der Waals surface area contributed by atoms with E-state index in [1.54, 1.807) is 13.0 Å². The molecule has 0 saturated heterocycles. The number of furan rings is 1. The van der Waals surface area contributed by atoms with Crippen molar-refractivity contribution in [1.82, 2.24) is 4.72 Å². The van der Waals surface area contributed by atoms with Crippen LogP contribution in [0.1, 0.15) is 21.5 Å². The van der Waals surface area contributed by atoms with Gasteiger partial charge in [0.15, 0.2) is 0 Å². The molecule has 2 aromatic rings. The van der Waals surface area contributed by atoms with E-state index >= 15 is 0 Å². The smallest absolute Gasteiger partial charge is 0.335 e. The van der Waals surface area contributed by atoms with E-state index < -0.39 is 16.0 Å². The Kier molecular flexibility index (Phi) is 3.91. The molecule has 0 saturated carbocycles. The maximum atomic E-state index is 12.1. The van der Waals surface area contributed by atoms with Crippen LogP contribution in [0, 0.1) is 6.92 Å². The summed E-state index contributed by atoms with van der Waals surface area (Å²) in [5, 5.41) is 9.01. The Morgan fingerprint density at radius 2 is 2.10 bits per heavy atom. The highest BCUT2D eigenvalue weighted by Gasteiger charge is 2.17. The highest BCUT2D eigenvalue weighted by Crippen LogP contribution is 2.16. The van der Waals surface area contributed by atoms with Gasteiger partial charge in [-0.05, 0) is 30.7 Å². The van der Waals surface area contributed by atoms with Gasteiger partial charge in [-0.15, -0.1) is 0 Å². The largest absolute Gasteiger partial charge is 0.478 e. The van der Waals surface area contributed by atoms with Gasteiger partial charge in [-0.25, -0.2) is 17.9 Å². The van der Waals surface area contributed by atoms with Gasteiger partial charge in [0.05, 0.1) is 23.0 Å². The van der Waals surface area contributed by atoms with Gasteiger partial charge in [0.2, 0.25) is 10.0 Å². The topological polar surface area (TPSA) is 96.6 Å². The van der Waals surface area contributed by atoms with Crippen molar-refractivity contribution < 1.29 is 22.7 Å². The van der Waals surface area contributed by atoms with Crippen molar-refractivity contribution >= 4 is 16.0 Å². The van der Waals surface area contributed by atoms with Gasteiger partial charge in [-0.2, -0.15) is 0 Å². The van der Waals surface area contributed by atoms with Crippen LogP contribution < -0.4 is 4.72 Å². The summed E-state index contributed by atoms with van der Waals surface area (Å²) in [4.78, 5) is 10.9. The van der Waals surface area contributed by atoms with Crippen LogP contribution in [0.5, 0.6) is 0 Å². The molecule has 2 N–H and O–H groups in total. The van der Waals surface area contributed by atoms with Crippen LogP contribution in [0.25, 0.3) is 0 Å². The van der Waals surface area contributed by atoms with E-state index in [2.05, 4.69) is 4.72 Å². The Balaban J connectivity index is 2.25. The van der Waals surface area contributed by atoms with Gasteiger partial charge in [0.25, 0.3) is 0 Å². The quantitative estimate of drug-likeness (QED) is 0.876. The predicted octanol–water partition coefficient (Wildman–Crippen LogP) is 1.76. The van der Waals surface area contributed by atoms with E-state index in [0.717, 1.165) is 6.07 Å². The third-order valence-electron chi connectivity index (χ3n) is 2.80. The third kappa shape index (κ3) is 3.06. The predicted molar refractivity (Wildman–Crippen MR) is 70.9 cm³/mol. The number of hydrogen-bond acceptors (Lipinski definition) is 4. The van der Waals surface area contributed by atoms with Gasteiger partial charge < -0.3 is 9.52 Å². The average Bonchev–Trinajstić information content (AvgIpc) is 2.89.